The topological polar surface area (TPSA) is 73.0 Å². The minimum absolute atomic E-state index is 0.0981. The van der Waals surface area contributed by atoms with Gasteiger partial charge in [0.2, 0.25) is 0 Å². The molecule has 0 unspecified atom stereocenters. The third-order valence-electron chi connectivity index (χ3n) is 2.83. The van der Waals surface area contributed by atoms with Gasteiger partial charge in [-0.3, -0.25) is 14.8 Å². The summed E-state index contributed by atoms with van der Waals surface area (Å²) in [5.74, 6) is 0. The molecule has 0 aliphatic carbocycles. The minimum Gasteiger partial charge on any atom is -0.353 e. The van der Waals surface area contributed by atoms with Gasteiger partial charge in [-0.15, -0.1) is 0 Å². The summed E-state index contributed by atoms with van der Waals surface area (Å²) in [5.41, 5.74) is 2.63. The molecule has 1 aromatic carbocycles. The fourth-order valence-electron chi connectivity index (χ4n) is 1.74. The number of rotatable bonds is 4. The summed E-state index contributed by atoms with van der Waals surface area (Å²) in [4.78, 5) is 10.3. The van der Waals surface area contributed by atoms with Gasteiger partial charge in [0.25, 0.3) is 5.69 Å². The van der Waals surface area contributed by atoms with Crippen LogP contribution in [-0.4, -0.2) is 14.7 Å². The molecule has 2 rings (SSSR count). The van der Waals surface area contributed by atoms with Gasteiger partial charge in [0, 0.05) is 30.1 Å². The highest BCUT2D eigenvalue weighted by atomic mass is 16.6. The lowest BCUT2D eigenvalue weighted by molar-refractivity contribution is -0.384. The van der Waals surface area contributed by atoms with E-state index in [1.165, 1.54) is 6.07 Å². The Labute approximate surface area is 111 Å². The van der Waals surface area contributed by atoms with E-state index in [-0.39, 0.29) is 5.69 Å². The van der Waals surface area contributed by atoms with Gasteiger partial charge < -0.3 is 5.32 Å². The van der Waals surface area contributed by atoms with Crippen molar-refractivity contribution in [3.05, 3.63) is 46.3 Å². The number of hydrogen-bond donors (Lipinski definition) is 1. The van der Waals surface area contributed by atoms with Crippen LogP contribution in [0.1, 0.15) is 25.5 Å². The van der Waals surface area contributed by atoms with E-state index in [4.69, 9.17) is 0 Å². The Morgan fingerprint density at radius 1 is 1.42 bits per heavy atom. The normalized spacial score (nSPS) is 10.7. The molecule has 6 heteroatoms. The van der Waals surface area contributed by atoms with Crippen molar-refractivity contribution >= 4 is 17.1 Å². The maximum atomic E-state index is 10.7. The van der Waals surface area contributed by atoms with Gasteiger partial charge in [-0.05, 0) is 32.4 Å². The number of nitro benzene ring substituents is 1. The third kappa shape index (κ3) is 2.90. The first-order valence-electron chi connectivity index (χ1n) is 6.03. The van der Waals surface area contributed by atoms with Crippen molar-refractivity contribution in [3.63, 3.8) is 0 Å². The maximum Gasteiger partial charge on any atom is 0.269 e. The van der Waals surface area contributed by atoms with E-state index in [0.29, 0.717) is 6.04 Å². The Kier molecular flexibility index (Phi) is 3.50. The van der Waals surface area contributed by atoms with Crippen LogP contribution < -0.4 is 5.32 Å². The SMILES string of the molecule is Cc1cc([N+](=O)[O-])ccc1Nc1cnn(C(C)C)c1. The molecule has 1 aromatic heterocycles. The highest BCUT2D eigenvalue weighted by molar-refractivity contribution is 5.63. The van der Waals surface area contributed by atoms with Crippen LogP contribution in [0.4, 0.5) is 17.1 Å². The van der Waals surface area contributed by atoms with Crippen molar-refractivity contribution in [3.8, 4) is 0 Å². The van der Waals surface area contributed by atoms with Gasteiger partial charge in [0.05, 0.1) is 16.8 Å². The molecule has 0 spiro atoms. The van der Waals surface area contributed by atoms with Crippen LogP contribution in [0.5, 0.6) is 0 Å². The lowest BCUT2D eigenvalue weighted by Gasteiger charge is -2.07. The van der Waals surface area contributed by atoms with E-state index in [1.54, 1.807) is 18.3 Å². The van der Waals surface area contributed by atoms with Gasteiger partial charge in [0.1, 0.15) is 0 Å². The standard InChI is InChI=1S/C13H16N4O2/c1-9(2)16-8-11(7-14-16)15-13-5-4-12(17(18)19)6-10(13)3/h4-9,15H,1-3H3. The first kappa shape index (κ1) is 13.1. The van der Waals surface area contributed by atoms with Crippen LogP contribution >= 0.6 is 0 Å². The van der Waals surface area contributed by atoms with Gasteiger partial charge >= 0.3 is 0 Å². The van der Waals surface area contributed by atoms with Crippen molar-refractivity contribution in [1.82, 2.24) is 9.78 Å². The van der Waals surface area contributed by atoms with E-state index < -0.39 is 4.92 Å². The molecule has 0 amide bonds. The van der Waals surface area contributed by atoms with E-state index in [2.05, 4.69) is 10.4 Å². The zero-order valence-corrected chi connectivity index (χ0v) is 11.1. The summed E-state index contributed by atoms with van der Waals surface area (Å²) in [6.07, 6.45) is 3.65. The predicted octanol–water partition coefficient (Wildman–Crippen LogP) is 3.42. The van der Waals surface area contributed by atoms with E-state index in [0.717, 1.165) is 16.9 Å². The number of aryl methyl sites for hydroxylation is 1. The van der Waals surface area contributed by atoms with E-state index in [1.807, 2.05) is 31.6 Å². The summed E-state index contributed by atoms with van der Waals surface area (Å²) in [5, 5.41) is 18.1. The number of nitrogens with one attached hydrogen (secondary N) is 1. The molecule has 0 aliphatic heterocycles. The Bertz CT molecular complexity index is 604. The minimum atomic E-state index is -0.395. The van der Waals surface area contributed by atoms with Crippen LogP contribution in [0.2, 0.25) is 0 Å². The molecule has 0 saturated heterocycles. The first-order chi connectivity index (χ1) is 8.97. The lowest BCUT2D eigenvalue weighted by Crippen LogP contribution is -2.00. The van der Waals surface area contributed by atoms with Crippen molar-refractivity contribution in [2.24, 2.45) is 0 Å². The smallest absolute Gasteiger partial charge is 0.269 e. The second-order valence-electron chi connectivity index (χ2n) is 4.68. The average Bonchev–Trinajstić information content (AvgIpc) is 2.80. The third-order valence-corrected chi connectivity index (χ3v) is 2.83. The molecule has 19 heavy (non-hydrogen) atoms. The van der Waals surface area contributed by atoms with Crippen LogP contribution in [0.25, 0.3) is 0 Å². The Morgan fingerprint density at radius 2 is 2.16 bits per heavy atom. The maximum absolute atomic E-state index is 10.7. The summed E-state index contributed by atoms with van der Waals surface area (Å²) < 4.78 is 1.85. The zero-order chi connectivity index (χ0) is 14.0. The number of non-ortho nitro benzene ring substituents is 1. The number of aromatic nitrogens is 2. The molecule has 0 bridgehead atoms. The zero-order valence-electron chi connectivity index (χ0n) is 11.1. The number of nitrogens with zero attached hydrogens (tertiary/aromatic N) is 3. The highest BCUT2D eigenvalue weighted by Gasteiger charge is 2.09. The molecule has 0 aliphatic rings. The van der Waals surface area contributed by atoms with Crippen molar-refractivity contribution < 1.29 is 4.92 Å². The van der Waals surface area contributed by atoms with Gasteiger partial charge in [-0.1, -0.05) is 0 Å². The summed E-state index contributed by atoms with van der Waals surface area (Å²) in [7, 11) is 0. The predicted molar refractivity (Wildman–Crippen MR) is 73.7 cm³/mol. The largest absolute Gasteiger partial charge is 0.353 e. The average molecular weight is 260 g/mol. The van der Waals surface area contributed by atoms with Gasteiger partial charge in [0.15, 0.2) is 0 Å². The molecule has 0 saturated carbocycles. The Balaban J connectivity index is 2.20. The first-order valence-corrected chi connectivity index (χ1v) is 6.03. The van der Waals surface area contributed by atoms with Crippen molar-refractivity contribution in [2.75, 3.05) is 5.32 Å². The number of anilines is 2. The monoisotopic (exact) mass is 260 g/mol. The number of nitro groups is 1. The molecule has 100 valence electrons. The van der Waals surface area contributed by atoms with Crippen molar-refractivity contribution in [1.29, 1.82) is 0 Å². The van der Waals surface area contributed by atoms with E-state index in [9.17, 15) is 10.1 Å². The van der Waals surface area contributed by atoms with Gasteiger partial charge in [-0.2, -0.15) is 5.10 Å². The molecule has 0 atom stereocenters. The molecular weight excluding hydrogens is 244 g/mol. The molecular formula is C13H16N4O2. The summed E-state index contributed by atoms with van der Waals surface area (Å²) >= 11 is 0. The molecule has 1 heterocycles. The summed E-state index contributed by atoms with van der Waals surface area (Å²) in [6, 6.07) is 5.05. The molecule has 0 fully saturated rings. The fourth-order valence-corrected chi connectivity index (χ4v) is 1.74. The second kappa shape index (κ2) is 5.09. The Hall–Kier alpha value is -2.37. The molecule has 2 aromatic rings. The molecule has 0 radical (unpaired) electrons. The Morgan fingerprint density at radius 3 is 2.68 bits per heavy atom. The molecule has 6 nitrogen and oxygen atoms in total. The van der Waals surface area contributed by atoms with Crippen molar-refractivity contribution in [2.45, 2.75) is 26.8 Å². The van der Waals surface area contributed by atoms with Crippen LogP contribution in [0.15, 0.2) is 30.6 Å². The number of benzene rings is 1. The lowest BCUT2D eigenvalue weighted by atomic mass is 10.2. The second-order valence-corrected chi connectivity index (χ2v) is 4.68. The highest BCUT2D eigenvalue weighted by Crippen LogP contribution is 2.24. The van der Waals surface area contributed by atoms with Crippen LogP contribution in [0.3, 0.4) is 0 Å². The molecule has 1 N–H and O–H groups in total. The van der Waals surface area contributed by atoms with Crippen LogP contribution in [-0.2, 0) is 0 Å². The quantitative estimate of drug-likeness (QED) is 0.675. The number of hydrogen-bond acceptors (Lipinski definition) is 4. The summed E-state index contributed by atoms with van der Waals surface area (Å²) in [6.45, 7) is 5.93. The van der Waals surface area contributed by atoms with E-state index >= 15 is 0 Å². The van der Waals surface area contributed by atoms with Gasteiger partial charge in [-0.25, -0.2) is 0 Å². The fraction of sp³-hybridized carbons (Fsp3) is 0.308. The van der Waals surface area contributed by atoms with Crippen LogP contribution in [0, 0.1) is 17.0 Å².